The van der Waals surface area contributed by atoms with Crippen LogP contribution in [0.25, 0.3) is 5.69 Å². The first kappa shape index (κ1) is 25.1. The van der Waals surface area contributed by atoms with Gasteiger partial charge in [-0.2, -0.15) is 18.4 Å². The van der Waals surface area contributed by atoms with Crippen LogP contribution in [0.4, 0.5) is 17.6 Å². The van der Waals surface area contributed by atoms with Crippen LogP contribution in [0, 0.1) is 17.1 Å². The molecule has 0 aliphatic rings. The molecule has 0 unspecified atom stereocenters. The summed E-state index contributed by atoms with van der Waals surface area (Å²) < 4.78 is 72.8. The molecule has 13 heteroatoms. The molecule has 0 amide bonds. The van der Waals surface area contributed by atoms with E-state index in [4.69, 9.17) is 10.4 Å². The monoisotopic (exact) mass is 450 g/mol. The Kier molecular flexibility index (Phi) is 8.09. The molecule has 1 aromatic heterocycles. The molecular weight excluding hydrogens is 432 g/mol. The van der Waals surface area contributed by atoms with Crippen molar-refractivity contribution in [3.63, 3.8) is 0 Å². The van der Waals surface area contributed by atoms with E-state index in [-0.39, 0.29) is 26.5 Å². The van der Waals surface area contributed by atoms with Crippen molar-refractivity contribution in [2.75, 3.05) is 5.75 Å². The number of sulfonamides is 1. The maximum absolute atomic E-state index is 13.9. The smallest absolute Gasteiger partial charge is 0.292 e. The molecule has 0 saturated heterocycles. The molecule has 2 aromatic rings. The first-order chi connectivity index (χ1) is 13.7. The van der Waals surface area contributed by atoms with Crippen molar-refractivity contribution in [2.45, 2.75) is 25.9 Å². The summed E-state index contributed by atoms with van der Waals surface area (Å²) in [7, 11) is -2.36. The van der Waals surface area contributed by atoms with Crippen LogP contribution in [0.5, 0.6) is 0 Å². The molecule has 0 fully saturated rings. The summed E-state index contributed by atoms with van der Waals surface area (Å²) in [5.41, 5.74) is -4.69. The lowest BCUT2D eigenvalue weighted by atomic mass is 10.2. The molecule has 30 heavy (non-hydrogen) atoms. The van der Waals surface area contributed by atoms with Gasteiger partial charge in [0.15, 0.2) is 0 Å². The predicted molar refractivity (Wildman–Crippen MR) is 99.8 cm³/mol. The SMILES string of the molecule is CCCCS(N)(=O)=O.Cn1c(C(F)(F)F)cc(=O)n(-c2ccc(C#N)cc2F)c1=O. The third kappa shape index (κ3) is 6.53. The molecule has 0 atom stereocenters. The fourth-order valence-corrected chi connectivity index (χ4v) is 2.91. The van der Waals surface area contributed by atoms with Crippen molar-refractivity contribution >= 4 is 10.0 Å². The molecule has 1 aromatic carbocycles. The summed E-state index contributed by atoms with van der Waals surface area (Å²) in [6, 6.07) is 4.76. The molecule has 0 radical (unpaired) electrons. The molecule has 8 nitrogen and oxygen atoms in total. The molecule has 2 rings (SSSR count). The number of halogens is 4. The van der Waals surface area contributed by atoms with Gasteiger partial charge in [0, 0.05) is 13.1 Å². The number of nitriles is 1. The van der Waals surface area contributed by atoms with Crippen LogP contribution >= 0.6 is 0 Å². The van der Waals surface area contributed by atoms with Gasteiger partial charge >= 0.3 is 11.9 Å². The van der Waals surface area contributed by atoms with Crippen LogP contribution in [0.15, 0.2) is 33.9 Å². The zero-order valence-electron chi connectivity index (χ0n) is 15.9. The highest BCUT2D eigenvalue weighted by Gasteiger charge is 2.35. The Labute approximate surface area is 168 Å². The number of rotatable bonds is 4. The second-order valence-corrected chi connectivity index (χ2v) is 7.78. The van der Waals surface area contributed by atoms with Gasteiger partial charge in [-0.15, -0.1) is 0 Å². The number of nitrogens with two attached hydrogens (primary N) is 1. The minimum Gasteiger partial charge on any atom is -0.292 e. The Morgan fingerprint density at radius 3 is 2.20 bits per heavy atom. The van der Waals surface area contributed by atoms with Crippen LogP contribution in [0.1, 0.15) is 31.0 Å². The average molecular weight is 450 g/mol. The van der Waals surface area contributed by atoms with Gasteiger partial charge in [-0.25, -0.2) is 27.3 Å². The maximum atomic E-state index is 13.9. The normalized spacial score (nSPS) is 11.4. The van der Waals surface area contributed by atoms with Crippen molar-refractivity contribution in [1.82, 2.24) is 9.13 Å². The summed E-state index contributed by atoms with van der Waals surface area (Å²) in [6.45, 7) is 1.92. The zero-order chi connectivity index (χ0) is 23.3. The van der Waals surface area contributed by atoms with Crippen LogP contribution in [-0.2, 0) is 23.2 Å². The van der Waals surface area contributed by atoms with Gasteiger partial charge in [0.25, 0.3) is 5.56 Å². The van der Waals surface area contributed by atoms with E-state index in [2.05, 4.69) is 0 Å². The fourth-order valence-electron chi connectivity index (χ4n) is 2.22. The Bertz CT molecular complexity index is 1180. The highest BCUT2D eigenvalue weighted by atomic mass is 32.2. The number of hydrogen-bond acceptors (Lipinski definition) is 5. The molecule has 0 aliphatic carbocycles. The minimum absolute atomic E-state index is 0.0574. The van der Waals surface area contributed by atoms with Crippen molar-refractivity contribution in [2.24, 2.45) is 12.2 Å². The Morgan fingerprint density at radius 2 is 1.80 bits per heavy atom. The molecular formula is C17H18F4N4O4S. The Morgan fingerprint density at radius 1 is 1.20 bits per heavy atom. The van der Waals surface area contributed by atoms with Gasteiger partial charge < -0.3 is 0 Å². The Hall–Kier alpha value is -2.98. The number of nitrogens with zero attached hydrogens (tertiary/aromatic N) is 3. The number of aromatic nitrogens is 2. The number of unbranched alkanes of at least 4 members (excludes halogenated alkanes) is 1. The maximum Gasteiger partial charge on any atom is 0.431 e. The van der Waals surface area contributed by atoms with Crippen LogP contribution in [0.3, 0.4) is 0 Å². The lowest BCUT2D eigenvalue weighted by Crippen LogP contribution is -2.41. The largest absolute Gasteiger partial charge is 0.431 e. The van der Waals surface area contributed by atoms with E-state index < -0.39 is 44.6 Å². The van der Waals surface area contributed by atoms with Gasteiger partial charge in [0.1, 0.15) is 11.5 Å². The van der Waals surface area contributed by atoms with Gasteiger partial charge in [0.05, 0.1) is 23.1 Å². The van der Waals surface area contributed by atoms with E-state index in [0.29, 0.717) is 6.42 Å². The summed E-state index contributed by atoms with van der Waals surface area (Å²) in [5.74, 6) is -0.957. The number of benzene rings is 1. The minimum atomic E-state index is -4.89. The molecule has 0 aliphatic heterocycles. The highest BCUT2D eigenvalue weighted by molar-refractivity contribution is 7.89. The van der Waals surface area contributed by atoms with Gasteiger partial charge in [0.2, 0.25) is 10.0 Å². The van der Waals surface area contributed by atoms with Crippen molar-refractivity contribution in [3.05, 3.63) is 62.2 Å². The topological polar surface area (TPSA) is 128 Å². The molecule has 0 saturated carbocycles. The third-order valence-corrected chi connectivity index (χ3v) is 4.57. The predicted octanol–water partition coefficient (Wildman–Crippen LogP) is 1.64. The summed E-state index contributed by atoms with van der Waals surface area (Å²) in [6.07, 6.45) is -3.36. The van der Waals surface area contributed by atoms with Gasteiger partial charge in [-0.05, 0) is 24.6 Å². The van der Waals surface area contributed by atoms with Crippen LogP contribution < -0.4 is 16.4 Å². The first-order valence-electron chi connectivity index (χ1n) is 8.33. The molecule has 164 valence electrons. The second kappa shape index (κ2) is 9.68. The highest BCUT2D eigenvalue weighted by Crippen LogP contribution is 2.27. The van der Waals surface area contributed by atoms with Crippen LogP contribution in [-0.4, -0.2) is 23.3 Å². The van der Waals surface area contributed by atoms with E-state index in [1.54, 1.807) is 6.07 Å². The van der Waals surface area contributed by atoms with Crippen molar-refractivity contribution in [3.8, 4) is 11.8 Å². The van der Waals surface area contributed by atoms with E-state index in [0.717, 1.165) is 31.7 Å². The zero-order valence-corrected chi connectivity index (χ0v) is 16.7. The van der Waals surface area contributed by atoms with E-state index in [9.17, 15) is 35.6 Å². The lowest BCUT2D eigenvalue weighted by molar-refractivity contribution is -0.144. The summed E-state index contributed by atoms with van der Waals surface area (Å²) in [5, 5.41) is 13.3. The molecule has 0 bridgehead atoms. The first-order valence-corrected chi connectivity index (χ1v) is 10.0. The summed E-state index contributed by atoms with van der Waals surface area (Å²) in [4.78, 5) is 23.7. The lowest BCUT2D eigenvalue weighted by Gasteiger charge is -2.14. The third-order valence-electron chi connectivity index (χ3n) is 3.71. The Balaban J connectivity index is 0.000000479. The molecule has 2 N–H and O–H groups in total. The van der Waals surface area contributed by atoms with Crippen molar-refractivity contribution < 1.29 is 26.0 Å². The number of primary sulfonamides is 1. The van der Waals surface area contributed by atoms with Crippen molar-refractivity contribution in [1.29, 1.82) is 5.26 Å². The summed E-state index contributed by atoms with van der Waals surface area (Å²) >= 11 is 0. The number of alkyl halides is 3. The molecule has 1 heterocycles. The van der Waals surface area contributed by atoms with Gasteiger partial charge in [-0.1, -0.05) is 13.3 Å². The second-order valence-electron chi connectivity index (χ2n) is 6.04. The molecule has 0 spiro atoms. The average Bonchev–Trinajstić information content (AvgIpc) is 2.63. The quantitative estimate of drug-likeness (QED) is 0.709. The van der Waals surface area contributed by atoms with E-state index in [1.807, 2.05) is 6.92 Å². The standard InChI is InChI=1S/C13H7F4N3O2.C4H11NO2S/c1-19-10(13(15,16)17)5-11(21)20(12(19)22)9-3-2-7(6-18)4-8(9)14;1-2-3-4-8(5,6)7/h2-5H,1H3;2-4H2,1H3,(H2,5,6,7). The van der Waals surface area contributed by atoms with E-state index in [1.165, 1.54) is 0 Å². The van der Waals surface area contributed by atoms with Gasteiger partial charge in [-0.3, -0.25) is 9.36 Å². The van der Waals surface area contributed by atoms with E-state index >= 15 is 0 Å². The van der Waals surface area contributed by atoms with Crippen LogP contribution in [0.2, 0.25) is 0 Å². The number of hydrogen-bond donors (Lipinski definition) is 1. The fraction of sp³-hybridized carbons (Fsp3) is 0.353.